The van der Waals surface area contributed by atoms with Crippen molar-refractivity contribution < 1.29 is 0 Å². The Labute approximate surface area is 129 Å². The average molecular weight is 296 g/mol. The monoisotopic (exact) mass is 296 g/mol. The van der Waals surface area contributed by atoms with Crippen LogP contribution in [0.4, 0.5) is 0 Å². The number of benzene rings is 1. The number of aryl methyl sites for hydroxylation is 2. The van der Waals surface area contributed by atoms with Crippen molar-refractivity contribution in [1.82, 2.24) is 29.8 Å². The van der Waals surface area contributed by atoms with Gasteiger partial charge < -0.3 is 0 Å². The van der Waals surface area contributed by atoms with Gasteiger partial charge in [0.05, 0.1) is 17.6 Å². The first-order chi connectivity index (χ1) is 10.5. The van der Waals surface area contributed by atoms with Gasteiger partial charge in [-0.2, -0.15) is 5.10 Å². The smallest absolute Gasteiger partial charge is 0.137 e. The van der Waals surface area contributed by atoms with E-state index in [1.807, 2.05) is 10.9 Å². The number of nitrogens with zero attached hydrogens (tertiary/aromatic N) is 6. The lowest BCUT2D eigenvalue weighted by atomic mass is 9.87. The van der Waals surface area contributed by atoms with Gasteiger partial charge in [0.1, 0.15) is 12.7 Å². The van der Waals surface area contributed by atoms with Gasteiger partial charge in [-0.3, -0.25) is 4.68 Å². The van der Waals surface area contributed by atoms with Crippen LogP contribution in [0.1, 0.15) is 32.0 Å². The first kappa shape index (κ1) is 14.4. The SMILES string of the molecule is CC(C)(C)c1ccc(-n2cc(CCn3cncn3)nn2)cc1. The van der Waals surface area contributed by atoms with E-state index < -0.39 is 0 Å². The number of aromatic nitrogens is 6. The molecule has 0 aliphatic heterocycles. The molecule has 0 N–H and O–H groups in total. The second kappa shape index (κ2) is 5.71. The van der Waals surface area contributed by atoms with E-state index >= 15 is 0 Å². The molecule has 6 nitrogen and oxygen atoms in total. The van der Waals surface area contributed by atoms with Crippen LogP contribution in [0, 0.1) is 0 Å². The molecule has 0 fully saturated rings. The molecular formula is C16H20N6. The molecule has 0 unspecified atom stereocenters. The third kappa shape index (κ3) is 3.21. The molecule has 0 aliphatic rings. The van der Waals surface area contributed by atoms with Crippen LogP contribution < -0.4 is 0 Å². The van der Waals surface area contributed by atoms with E-state index in [1.54, 1.807) is 11.0 Å². The summed E-state index contributed by atoms with van der Waals surface area (Å²) in [5.41, 5.74) is 3.43. The lowest BCUT2D eigenvalue weighted by molar-refractivity contribution is 0.590. The Morgan fingerprint density at radius 2 is 1.86 bits per heavy atom. The fourth-order valence-electron chi connectivity index (χ4n) is 2.23. The van der Waals surface area contributed by atoms with E-state index in [2.05, 4.69) is 65.4 Å². The maximum Gasteiger partial charge on any atom is 0.137 e. The number of rotatable bonds is 4. The molecule has 0 aliphatic carbocycles. The Hall–Kier alpha value is -2.50. The normalized spacial score (nSPS) is 11.8. The maximum atomic E-state index is 4.21. The molecule has 0 atom stereocenters. The summed E-state index contributed by atoms with van der Waals surface area (Å²) in [6.07, 6.45) is 5.98. The summed E-state index contributed by atoms with van der Waals surface area (Å²) in [5, 5.41) is 12.5. The summed E-state index contributed by atoms with van der Waals surface area (Å²) in [4.78, 5) is 3.93. The quantitative estimate of drug-likeness (QED) is 0.741. The fourth-order valence-corrected chi connectivity index (χ4v) is 2.23. The van der Waals surface area contributed by atoms with E-state index in [-0.39, 0.29) is 5.41 Å². The Bertz CT molecular complexity index is 719. The zero-order chi connectivity index (χ0) is 15.6. The number of hydrogen-bond donors (Lipinski definition) is 0. The van der Waals surface area contributed by atoms with E-state index in [9.17, 15) is 0 Å². The van der Waals surface area contributed by atoms with Crippen molar-refractivity contribution in [1.29, 1.82) is 0 Å². The predicted octanol–water partition coefficient (Wildman–Crippen LogP) is 2.40. The Kier molecular flexibility index (Phi) is 3.75. The fraction of sp³-hybridized carbons (Fsp3) is 0.375. The molecule has 22 heavy (non-hydrogen) atoms. The largest absolute Gasteiger partial charge is 0.253 e. The standard InChI is InChI=1S/C16H20N6/c1-16(2,3)13-4-6-15(7-5-13)22-10-14(19-20-22)8-9-21-12-17-11-18-21/h4-7,10-12H,8-9H2,1-3H3. The van der Waals surface area contributed by atoms with Crippen LogP contribution in [0.5, 0.6) is 0 Å². The molecule has 114 valence electrons. The molecule has 3 aromatic rings. The molecule has 3 rings (SSSR count). The second-order valence-electron chi connectivity index (χ2n) is 6.36. The highest BCUT2D eigenvalue weighted by molar-refractivity contribution is 5.36. The van der Waals surface area contributed by atoms with Crippen LogP contribution in [0.15, 0.2) is 43.1 Å². The highest BCUT2D eigenvalue weighted by atomic mass is 15.4. The van der Waals surface area contributed by atoms with Gasteiger partial charge in [-0.1, -0.05) is 38.1 Å². The van der Waals surface area contributed by atoms with E-state index in [0.717, 1.165) is 24.3 Å². The Morgan fingerprint density at radius 1 is 1.09 bits per heavy atom. The second-order valence-corrected chi connectivity index (χ2v) is 6.36. The van der Waals surface area contributed by atoms with Crippen molar-refractivity contribution in [2.24, 2.45) is 0 Å². The lowest BCUT2D eigenvalue weighted by Gasteiger charge is -2.18. The molecule has 0 bridgehead atoms. The van der Waals surface area contributed by atoms with Crippen molar-refractivity contribution in [2.45, 2.75) is 39.2 Å². The Morgan fingerprint density at radius 3 is 2.50 bits per heavy atom. The topological polar surface area (TPSA) is 61.4 Å². The van der Waals surface area contributed by atoms with Crippen molar-refractivity contribution in [3.8, 4) is 5.69 Å². The highest BCUT2D eigenvalue weighted by Gasteiger charge is 2.13. The van der Waals surface area contributed by atoms with Gasteiger partial charge in [0, 0.05) is 13.0 Å². The molecule has 1 aromatic carbocycles. The summed E-state index contributed by atoms with van der Waals surface area (Å²) >= 11 is 0. The van der Waals surface area contributed by atoms with Crippen molar-refractivity contribution in [3.63, 3.8) is 0 Å². The van der Waals surface area contributed by atoms with Crippen molar-refractivity contribution in [3.05, 3.63) is 54.4 Å². The lowest BCUT2D eigenvalue weighted by Crippen LogP contribution is -2.10. The van der Waals surface area contributed by atoms with Crippen LogP contribution in [0.2, 0.25) is 0 Å². The van der Waals surface area contributed by atoms with Gasteiger partial charge in [0.15, 0.2) is 0 Å². The Balaban J connectivity index is 1.70. The molecule has 0 saturated carbocycles. The minimum absolute atomic E-state index is 0.157. The van der Waals surface area contributed by atoms with Crippen molar-refractivity contribution >= 4 is 0 Å². The highest BCUT2D eigenvalue weighted by Crippen LogP contribution is 2.22. The average Bonchev–Trinajstić information content (AvgIpc) is 3.16. The summed E-state index contributed by atoms with van der Waals surface area (Å²) < 4.78 is 3.60. The maximum absolute atomic E-state index is 4.21. The zero-order valence-electron chi connectivity index (χ0n) is 13.1. The van der Waals surface area contributed by atoms with Crippen LogP contribution in [0.25, 0.3) is 5.69 Å². The van der Waals surface area contributed by atoms with Gasteiger partial charge in [-0.05, 0) is 23.1 Å². The molecule has 6 heteroatoms. The van der Waals surface area contributed by atoms with Gasteiger partial charge in [0.2, 0.25) is 0 Å². The van der Waals surface area contributed by atoms with Crippen LogP contribution in [-0.4, -0.2) is 29.8 Å². The first-order valence-corrected chi connectivity index (χ1v) is 7.37. The van der Waals surface area contributed by atoms with E-state index in [4.69, 9.17) is 0 Å². The molecule has 2 aromatic heterocycles. The molecule has 0 spiro atoms. The molecule has 0 amide bonds. The van der Waals surface area contributed by atoms with Gasteiger partial charge >= 0.3 is 0 Å². The van der Waals surface area contributed by atoms with Gasteiger partial charge in [-0.25, -0.2) is 9.67 Å². The van der Waals surface area contributed by atoms with Crippen LogP contribution in [-0.2, 0) is 18.4 Å². The van der Waals surface area contributed by atoms with Crippen molar-refractivity contribution in [2.75, 3.05) is 0 Å². The van der Waals surface area contributed by atoms with Gasteiger partial charge in [0.25, 0.3) is 0 Å². The third-order valence-electron chi connectivity index (χ3n) is 3.60. The minimum atomic E-state index is 0.157. The summed E-state index contributed by atoms with van der Waals surface area (Å²) in [6, 6.07) is 8.45. The summed E-state index contributed by atoms with van der Waals surface area (Å²) in [5.74, 6) is 0. The third-order valence-corrected chi connectivity index (χ3v) is 3.60. The molecule has 0 radical (unpaired) electrons. The molecule has 0 saturated heterocycles. The minimum Gasteiger partial charge on any atom is -0.253 e. The first-order valence-electron chi connectivity index (χ1n) is 7.37. The summed E-state index contributed by atoms with van der Waals surface area (Å²) in [7, 11) is 0. The van der Waals surface area contributed by atoms with Crippen LogP contribution in [0.3, 0.4) is 0 Å². The van der Waals surface area contributed by atoms with Crippen LogP contribution >= 0.6 is 0 Å². The molecular weight excluding hydrogens is 276 g/mol. The summed E-state index contributed by atoms with van der Waals surface area (Å²) in [6.45, 7) is 7.38. The predicted molar refractivity (Wildman–Crippen MR) is 83.8 cm³/mol. The van der Waals surface area contributed by atoms with E-state index in [0.29, 0.717) is 0 Å². The van der Waals surface area contributed by atoms with Gasteiger partial charge in [-0.15, -0.1) is 5.10 Å². The zero-order valence-corrected chi connectivity index (χ0v) is 13.1. The van der Waals surface area contributed by atoms with E-state index in [1.165, 1.54) is 11.9 Å². The number of hydrogen-bond acceptors (Lipinski definition) is 4. The molecule has 2 heterocycles.